The third kappa shape index (κ3) is 2.49. The molecule has 114 valence electrons. The van der Waals surface area contributed by atoms with Crippen molar-refractivity contribution in [1.29, 1.82) is 0 Å². The summed E-state index contributed by atoms with van der Waals surface area (Å²) >= 11 is 3.56. The SMILES string of the molecule is O=C(c1[nH]c2ccccc2c1Br)N1CC=C(c2ccccc2)C1. The van der Waals surface area contributed by atoms with Gasteiger partial charge in [0, 0.05) is 24.0 Å². The highest BCUT2D eigenvalue weighted by Crippen LogP contribution is 2.30. The predicted molar refractivity (Wildman–Crippen MR) is 96.3 cm³/mol. The Labute approximate surface area is 142 Å². The minimum Gasteiger partial charge on any atom is -0.350 e. The highest BCUT2D eigenvalue weighted by Gasteiger charge is 2.25. The summed E-state index contributed by atoms with van der Waals surface area (Å²) in [5.41, 5.74) is 3.97. The molecule has 0 aliphatic carbocycles. The molecule has 3 aromatic rings. The van der Waals surface area contributed by atoms with Gasteiger partial charge in [-0.25, -0.2) is 0 Å². The number of nitrogens with zero attached hydrogens (tertiary/aromatic N) is 1. The van der Waals surface area contributed by atoms with Crippen molar-refractivity contribution in [3.63, 3.8) is 0 Å². The monoisotopic (exact) mass is 366 g/mol. The molecule has 2 aromatic carbocycles. The van der Waals surface area contributed by atoms with Gasteiger partial charge in [-0.2, -0.15) is 0 Å². The largest absolute Gasteiger partial charge is 0.350 e. The molecule has 0 bridgehead atoms. The lowest BCUT2D eigenvalue weighted by Crippen LogP contribution is -2.29. The van der Waals surface area contributed by atoms with E-state index in [1.54, 1.807) is 0 Å². The molecule has 0 saturated carbocycles. The number of H-pyrrole nitrogens is 1. The Hall–Kier alpha value is -2.33. The van der Waals surface area contributed by atoms with Gasteiger partial charge in [-0.1, -0.05) is 54.6 Å². The van der Waals surface area contributed by atoms with E-state index in [-0.39, 0.29) is 5.91 Å². The van der Waals surface area contributed by atoms with Crippen LogP contribution in [0.15, 0.2) is 65.1 Å². The van der Waals surface area contributed by atoms with Crippen molar-refractivity contribution in [1.82, 2.24) is 9.88 Å². The number of benzene rings is 2. The van der Waals surface area contributed by atoms with Gasteiger partial charge >= 0.3 is 0 Å². The van der Waals surface area contributed by atoms with E-state index in [1.165, 1.54) is 11.1 Å². The molecule has 1 aromatic heterocycles. The summed E-state index contributed by atoms with van der Waals surface area (Å²) in [5.74, 6) is 0.0234. The number of rotatable bonds is 2. The van der Waals surface area contributed by atoms with Crippen LogP contribution in [0.1, 0.15) is 16.1 Å². The van der Waals surface area contributed by atoms with Crippen LogP contribution in [0.4, 0.5) is 0 Å². The fraction of sp³-hybridized carbons (Fsp3) is 0.105. The van der Waals surface area contributed by atoms with E-state index in [9.17, 15) is 4.79 Å². The predicted octanol–water partition coefficient (Wildman–Crippen LogP) is 4.47. The summed E-state index contributed by atoms with van der Waals surface area (Å²) in [6.07, 6.45) is 2.13. The van der Waals surface area contributed by atoms with Crippen LogP contribution in [0.5, 0.6) is 0 Å². The standard InChI is InChI=1S/C19H15BrN2O/c20-17-15-8-4-5-9-16(15)21-18(17)19(23)22-11-10-14(12-22)13-6-2-1-3-7-13/h1-10,21H,11-12H2. The van der Waals surface area contributed by atoms with Crippen LogP contribution in [0.3, 0.4) is 0 Å². The van der Waals surface area contributed by atoms with Crippen molar-refractivity contribution in [2.24, 2.45) is 0 Å². The van der Waals surface area contributed by atoms with Gasteiger partial charge in [0.05, 0.1) is 4.47 Å². The third-order valence-corrected chi connectivity index (χ3v) is 5.03. The van der Waals surface area contributed by atoms with E-state index in [2.05, 4.69) is 39.1 Å². The van der Waals surface area contributed by atoms with Crippen molar-refractivity contribution in [2.75, 3.05) is 13.1 Å². The molecule has 4 heteroatoms. The number of carbonyl (C=O) groups is 1. The number of amides is 1. The smallest absolute Gasteiger partial charge is 0.272 e. The lowest BCUT2D eigenvalue weighted by molar-refractivity contribution is 0.0796. The van der Waals surface area contributed by atoms with Crippen molar-refractivity contribution < 1.29 is 4.79 Å². The van der Waals surface area contributed by atoms with Gasteiger partial charge in [0.15, 0.2) is 0 Å². The highest BCUT2D eigenvalue weighted by molar-refractivity contribution is 9.10. The van der Waals surface area contributed by atoms with E-state index in [0.717, 1.165) is 15.4 Å². The molecule has 0 radical (unpaired) electrons. The van der Waals surface area contributed by atoms with Gasteiger partial charge < -0.3 is 9.88 Å². The second-order valence-electron chi connectivity index (χ2n) is 5.64. The first-order valence-corrected chi connectivity index (χ1v) is 8.33. The molecular formula is C19H15BrN2O. The topological polar surface area (TPSA) is 36.1 Å². The van der Waals surface area contributed by atoms with E-state index in [4.69, 9.17) is 0 Å². The molecular weight excluding hydrogens is 352 g/mol. The molecule has 0 fully saturated rings. The summed E-state index contributed by atoms with van der Waals surface area (Å²) in [4.78, 5) is 17.9. The summed E-state index contributed by atoms with van der Waals surface area (Å²) < 4.78 is 0.839. The average Bonchev–Trinajstić information content (AvgIpc) is 3.21. The molecule has 23 heavy (non-hydrogen) atoms. The first-order valence-electron chi connectivity index (χ1n) is 7.54. The maximum absolute atomic E-state index is 12.8. The number of aromatic nitrogens is 1. The Balaban J connectivity index is 1.60. The maximum Gasteiger partial charge on any atom is 0.272 e. The molecule has 0 unspecified atom stereocenters. The van der Waals surface area contributed by atoms with Crippen LogP contribution >= 0.6 is 15.9 Å². The maximum atomic E-state index is 12.8. The summed E-state index contributed by atoms with van der Waals surface area (Å²) in [7, 11) is 0. The molecule has 0 spiro atoms. The molecule has 1 amide bonds. The van der Waals surface area contributed by atoms with Gasteiger partial charge in [0.2, 0.25) is 0 Å². The number of carbonyl (C=O) groups excluding carboxylic acids is 1. The lowest BCUT2D eigenvalue weighted by Gasteiger charge is -2.16. The van der Waals surface area contributed by atoms with Crippen LogP contribution in [0.2, 0.25) is 0 Å². The second-order valence-corrected chi connectivity index (χ2v) is 6.43. The van der Waals surface area contributed by atoms with Crippen molar-refractivity contribution >= 4 is 38.3 Å². The molecule has 1 aliphatic heterocycles. The Morgan fingerprint density at radius 3 is 2.57 bits per heavy atom. The first-order chi connectivity index (χ1) is 11.2. The van der Waals surface area contributed by atoms with Crippen LogP contribution in [0.25, 0.3) is 16.5 Å². The van der Waals surface area contributed by atoms with Gasteiger partial charge in [-0.3, -0.25) is 4.79 Å². The fourth-order valence-electron chi connectivity index (χ4n) is 2.98. The van der Waals surface area contributed by atoms with Crippen LogP contribution < -0.4 is 0 Å². The number of para-hydroxylation sites is 1. The third-order valence-electron chi connectivity index (χ3n) is 4.21. The van der Waals surface area contributed by atoms with Crippen LogP contribution in [-0.4, -0.2) is 28.9 Å². The number of halogens is 1. The first kappa shape index (κ1) is 14.3. The summed E-state index contributed by atoms with van der Waals surface area (Å²) in [5, 5.41) is 1.03. The molecule has 0 atom stereocenters. The van der Waals surface area contributed by atoms with Crippen molar-refractivity contribution in [3.8, 4) is 0 Å². The Morgan fingerprint density at radius 2 is 1.78 bits per heavy atom. The zero-order valence-electron chi connectivity index (χ0n) is 12.4. The zero-order valence-corrected chi connectivity index (χ0v) is 14.0. The van der Waals surface area contributed by atoms with Crippen molar-refractivity contribution in [3.05, 3.63) is 76.4 Å². The average molecular weight is 367 g/mol. The molecule has 1 aliphatic rings. The number of nitrogens with one attached hydrogen (secondary N) is 1. The lowest BCUT2D eigenvalue weighted by atomic mass is 10.1. The summed E-state index contributed by atoms with van der Waals surface area (Å²) in [6, 6.07) is 18.1. The van der Waals surface area contributed by atoms with Gasteiger partial charge in [0.25, 0.3) is 5.91 Å². The molecule has 0 saturated heterocycles. The number of hydrogen-bond donors (Lipinski definition) is 1. The molecule has 1 N–H and O–H groups in total. The minimum atomic E-state index is 0.0234. The number of fused-ring (bicyclic) bond motifs is 1. The summed E-state index contributed by atoms with van der Waals surface area (Å²) in [6.45, 7) is 1.29. The minimum absolute atomic E-state index is 0.0234. The van der Waals surface area contributed by atoms with E-state index < -0.39 is 0 Å². The van der Waals surface area contributed by atoms with E-state index >= 15 is 0 Å². The van der Waals surface area contributed by atoms with Crippen molar-refractivity contribution in [2.45, 2.75) is 0 Å². The normalized spacial score (nSPS) is 14.3. The quantitative estimate of drug-likeness (QED) is 0.713. The fourth-order valence-corrected chi connectivity index (χ4v) is 3.60. The Morgan fingerprint density at radius 1 is 1.04 bits per heavy atom. The Bertz CT molecular complexity index is 912. The number of hydrogen-bond acceptors (Lipinski definition) is 1. The van der Waals surface area contributed by atoms with Crippen LogP contribution in [-0.2, 0) is 0 Å². The van der Waals surface area contributed by atoms with Gasteiger partial charge in [-0.15, -0.1) is 0 Å². The van der Waals surface area contributed by atoms with Gasteiger partial charge in [0.1, 0.15) is 5.69 Å². The molecule has 3 nitrogen and oxygen atoms in total. The molecule has 4 rings (SSSR count). The number of aromatic amines is 1. The molecule has 2 heterocycles. The Kier molecular flexibility index (Phi) is 3.54. The van der Waals surface area contributed by atoms with Crippen LogP contribution in [0, 0.1) is 0 Å². The second kappa shape index (κ2) is 5.70. The van der Waals surface area contributed by atoms with E-state index in [1.807, 2.05) is 47.4 Å². The van der Waals surface area contributed by atoms with E-state index in [0.29, 0.717) is 18.8 Å². The highest BCUT2D eigenvalue weighted by atomic mass is 79.9. The zero-order chi connectivity index (χ0) is 15.8. The van der Waals surface area contributed by atoms with Gasteiger partial charge in [-0.05, 0) is 33.1 Å².